The van der Waals surface area contributed by atoms with Crippen LogP contribution in [0.15, 0.2) is 23.8 Å². The van der Waals surface area contributed by atoms with Crippen LogP contribution in [0.2, 0.25) is 0 Å². The van der Waals surface area contributed by atoms with Gasteiger partial charge < -0.3 is 4.74 Å². The van der Waals surface area contributed by atoms with Gasteiger partial charge in [0.25, 0.3) is 0 Å². The van der Waals surface area contributed by atoms with Gasteiger partial charge in [-0.3, -0.25) is 0 Å². The van der Waals surface area contributed by atoms with Crippen LogP contribution >= 0.6 is 0 Å². The van der Waals surface area contributed by atoms with Crippen molar-refractivity contribution in [3.05, 3.63) is 23.8 Å². The molecule has 0 bridgehead atoms. The van der Waals surface area contributed by atoms with E-state index in [0.29, 0.717) is 18.9 Å². The van der Waals surface area contributed by atoms with Gasteiger partial charge in [0.1, 0.15) is 0 Å². The molecule has 0 aromatic rings. The van der Waals surface area contributed by atoms with Crippen LogP contribution in [-0.2, 0) is 9.53 Å². The molecule has 0 saturated carbocycles. The first-order valence-electron chi connectivity index (χ1n) is 5.57. The van der Waals surface area contributed by atoms with Crippen LogP contribution in [-0.4, -0.2) is 18.8 Å². The van der Waals surface area contributed by atoms with Crippen LogP contribution in [0.1, 0.15) is 26.2 Å². The maximum atomic E-state index is 12.8. The van der Waals surface area contributed by atoms with E-state index < -0.39 is 23.6 Å². The van der Waals surface area contributed by atoms with E-state index in [2.05, 4.69) is 4.74 Å². The Balaban J connectivity index is 2.91. The summed E-state index contributed by atoms with van der Waals surface area (Å²) >= 11 is 0. The lowest BCUT2D eigenvalue weighted by Gasteiger charge is -2.21. The number of hydrogen-bond donors (Lipinski definition) is 0. The number of esters is 1. The van der Waals surface area contributed by atoms with Crippen molar-refractivity contribution < 1.29 is 22.7 Å². The fourth-order valence-electron chi connectivity index (χ4n) is 1.78. The van der Waals surface area contributed by atoms with Crippen molar-refractivity contribution in [2.45, 2.75) is 32.4 Å². The van der Waals surface area contributed by atoms with Crippen LogP contribution < -0.4 is 0 Å². The molecule has 0 aromatic heterocycles. The largest absolute Gasteiger partial charge is 0.463 e. The van der Waals surface area contributed by atoms with Gasteiger partial charge in [-0.2, -0.15) is 13.2 Å². The number of carbonyl (C=O) groups is 1. The third-order valence-corrected chi connectivity index (χ3v) is 2.54. The van der Waals surface area contributed by atoms with Gasteiger partial charge in [0.05, 0.1) is 6.61 Å². The van der Waals surface area contributed by atoms with E-state index in [4.69, 9.17) is 0 Å². The quantitative estimate of drug-likeness (QED) is 0.434. The molecule has 0 aliphatic heterocycles. The zero-order valence-electron chi connectivity index (χ0n) is 9.59. The molecule has 1 rings (SSSR count). The van der Waals surface area contributed by atoms with Crippen LogP contribution in [0, 0.1) is 5.92 Å². The Labute approximate surface area is 98.1 Å². The highest BCUT2D eigenvalue weighted by molar-refractivity contribution is 5.83. The van der Waals surface area contributed by atoms with Gasteiger partial charge in [-0.25, -0.2) is 4.79 Å². The minimum absolute atomic E-state index is 0.0704. The Morgan fingerprint density at radius 2 is 2.24 bits per heavy atom. The number of rotatable bonds is 3. The molecule has 1 atom stereocenters. The molecule has 2 nitrogen and oxygen atoms in total. The first-order valence-corrected chi connectivity index (χ1v) is 5.57. The number of hydrogen-bond acceptors (Lipinski definition) is 2. The summed E-state index contributed by atoms with van der Waals surface area (Å²) in [5, 5.41) is 0. The molecule has 1 aliphatic carbocycles. The van der Waals surface area contributed by atoms with Crippen LogP contribution in [0.3, 0.4) is 0 Å². The summed E-state index contributed by atoms with van der Waals surface area (Å²) in [6.07, 6.45) is 1.24. The smallest absolute Gasteiger partial charge is 0.413 e. The maximum Gasteiger partial charge on any atom is 0.413 e. The number of halogens is 3. The molecule has 0 aromatic carbocycles. The third-order valence-electron chi connectivity index (χ3n) is 2.54. The third kappa shape index (κ3) is 4.24. The Morgan fingerprint density at radius 3 is 2.71 bits per heavy atom. The van der Waals surface area contributed by atoms with Gasteiger partial charge in [-0.15, -0.1) is 0 Å². The van der Waals surface area contributed by atoms with Crippen molar-refractivity contribution in [3.8, 4) is 0 Å². The fraction of sp³-hybridized carbons (Fsp3) is 0.583. The van der Waals surface area contributed by atoms with E-state index in [0.717, 1.165) is 6.42 Å². The first kappa shape index (κ1) is 13.8. The Morgan fingerprint density at radius 1 is 1.53 bits per heavy atom. The lowest BCUT2D eigenvalue weighted by Crippen LogP contribution is -2.22. The number of allylic oxidation sites excluding steroid dienone is 3. The molecule has 1 aliphatic rings. The first-order chi connectivity index (χ1) is 7.95. The average Bonchev–Trinajstić information content (AvgIpc) is 2.26. The Kier molecular flexibility index (Phi) is 4.78. The van der Waals surface area contributed by atoms with E-state index in [1.807, 2.05) is 0 Å². The summed E-state index contributed by atoms with van der Waals surface area (Å²) in [7, 11) is 0. The monoisotopic (exact) mass is 248 g/mol. The van der Waals surface area contributed by atoms with Gasteiger partial charge >= 0.3 is 12.1 Å². The standard InChI is InChI=1S/C12H15F3O2/c1-2-17-11(16)8-10(12(13,14)15)9-6-4-3-5-7-9/h4,6,8-9H,2-3,5,7H2,1H3/b10-8+. The molecule has 96 valence electrons. The van der Waals surface area contributed by atoms with E-state index in [-0.39, 0.29) is 6.61 Å². The molecule has 0 N–H and O–H groups in total. The number of carbonyl (C=O) groups excluding carboxylic acids is 1. The number of alkyl halides is 3. The van der Waals surface area contributed by atoms with Crippen LogP contribution in [0.4, 0.5) is 13.2 Å². The van der Waals surface area contributed by atoms with E-state index in [1.54, 1.807) is 13.0 Å². The summed E-state index contributed by atoms with van der Waals surface area (Å²) in [5.74, 6) is -1.66. The molecule has 0 fully saturated rings. The molecule has 0 amide bonds. The normalized spacial score (nSPS) is 21.4. The second-order valence-electron chi connectivity index (χ2n) is 3.82. The lowest BCUT2D eigenvalue weighted by molar-refractivity contribution is -0.138. The van der Waals surface area contributed by atoms with Crippen molar-refractivity contribution in [2.75, 3.05) is 6.61 Å². The summed E-state index contributed by atoms with van der Waals surface area (Å²) in [4.78, 5) is 11.1. The molecule has 5 heteroatoms. The highest BCUT2D eigenvalue weighted by Crippen LogP contribution is 2.36. The Hall–Kier alpha value is -1.26. The lowest BCUT2D eigenvalue weighted by atomic mass is 9.88. The van der Waals surface area contributed by atoms with Gasteiger partial charge in [-0.05, 0) is 26.2 Å². The Bertz CT molecular complexity index is 329. The summed E-state index contributed by atoms with van der Waals surface area (Å²) < 4.78 is 42.9. The highest BCUT2D eigenvalue weighted by Gasteiger charge is 2.38. The molecule has 17 heavy (non-hydrogen) atoms. The second kappa shape index (κ2) is 5.89. The zero-order chi connectivity index (χ0) is 12.9. The van der Waals surface area contributed by atoms with Crippen molar-refractivity contribution in [1.82, 2.24) is 0 Å². The minimum atomic E-state index is -4.49. The number of ether oxygens (including phenoxy) is 1. The molecular formula is C12H15F3O2. The van der Waals surface area contributed by atoms with Crippen molar-refractivity contribution in [1.29, 1.82) is 0 Å². The second-order valence-corrected chi connectivity index (χ2v) is 3.82. The maximum absolute atomic E-state index is 12.8. The average molecular weight is 248 g/mol. The fourth-order valence-corrected chi connectivity index (χ4v) is 1.78. The van der Waals surface area contributed by atoms with Crippen molar-refractivity contribution in [2.24, 2.45) is 5.92 Å². The molecular weight excluding hydrogens is 233 g/mol. The predicted molar refractivity (Wildman–Crippen MR) is 57.3 cm³/mol. The van der Waals surface area contributed by atoms with E-state index in [1.165, 1.54) is 6.08 Å². The van der Waals surface area contributed by atoms with Gasteiger partial charge in [0.15, 0.2) is 0 Å². The topological polar surface area (TPSA) is 26.3 Å². The molecule has 0 heterocycles. The molecule has 0 saturated heterocycles. The van der Waals surface area contributed by atoms with Crippen LogP contribution in [0.5, 0.6) is 0 Å². The van der Waals surface area contributed by atoms with Crippen LogP contribution in [0.25, 0.3) is 0 Å². The SMILES string of the molecule is CCOC(=O)/C=C(\C1C=CCCC1)C(F)(F)F. The summed E-state index contributed by atoms with van der Waals surface area (Å²) in [6, 6.07) is 0. The van der Waals surface area contributed by atoms with Crippen molar-refractivity contribution in [3.63, 3.8) is 0 Å². The molecule has 0 spiro atoms. The minimum Gasteiger partial charge on any atom is -0.463 e. The molecule has 0 radical (unpaired) electrons. The summed E-state index contributed by atoms with van der Waals surface area (Å²) in [5.41, 5.74) is -0.813. The van der Waals surface area contributed by atoms with E-state index in [9.17, 15) is 18.0 Å². The van der Waals surface area contributed by atoms with Crippen molar-refractivity contribution >= 4 is 5.97 Å². The molecule has 1 unspecified atom stereocenters. The zero-order valence-corrected chi connectivity index (χ0v) is 9.59. The highest BCUT2D eigenvalue weighted by atomic mass is 19.4. The van der Waals surface area contributed by atoms with Gasteiger partial charge in [0, 0.05) is 17.6 Å². The van der Waals surface area contributed by atoms with Gasteiger partial charge in [-0.1, -0.05) is 12.2 Å². The summed E-state index contributed by atoms with van der Waals surface area (Å²) in [6.45, 7) is 1.63. The predicted octanol–water partition coefficient (Wildman–Crippen LogP) is 3.39. The van der Waals surface area contributed by atoms with E-state index >= 15 is 0 Å². The van der Waals surface area contributed by atoms with Gasteiger partial charge in [0.2, 0.25) is 0 Å².